The Labute approximate surface area is 285 Å². The van der Waals surface area contributed by atoms with Crippen LogP contribution >= 0.6 is 0 Å². The number of aliphatic carboxylic acids is 3. The topological polar surface area (TPSA) is 191 Å². The largest absolute Gasteiger partial charge is 0.478 e. The van der Waals surface area contributed by atoms with E-state index in [4.69, 9.17) is 20.1 Å². The molecule has 0 aliphatic heterocycles. The van der Waals surface area contributed by atoms with Crippen molar-refractivity contribution in [2.45, 2.75) is 112 Å². The Bertz CT molecular complexity index is 835. The van der Waals surface area contributed by atoms with Gasteiger partial charge in [0.1, 0.15) is 0 Å². The molecule has 0 rings (SSSR count). The summed E-state index contributed by atoms with van der Waals surface area (Å²) < 4.78 is 14.3. The number of hydrogen-bond donors (Lipinski definition) is 3. The van der Waals surface area contributed by atoms with Crippen molar-refractivity contribution in [2.24, 2.45) is 0 Å². The monoisotopic (exact) mass is 750 g/mol. The van der Waals surface area contributed by atoms with E-state index in [1.54, 1.807) is 0 Å². The molecule has 0 spiro atoms. The van der Waals surface area contributed by atoms with Crippen LogP contribution in [0.2, 0.25) is 0 Å². The first kappa shape index (κ1) is 51.4. The van der Waals surface area contributed by atoms with Crippen molar-refractivity contribution in [3.63, 3.8) is 0 Å². The minimum Gasteiger partial charge on any atom is -0.478 e. The molecule has 0 amide bonds. The van der Waals surface area contributed by atoms with Crippen LogP contribution < -0.4 is 0 Å². The summed E-state index contributed by atoms with van der Waals surface area (Å²) in [5, 5.41) is 24.9. The van der Waals surface area contributed by atoms with Gasteiger partial charge >= 0.3 is 35.8 Å². The summed E-state index contributed by atoms with van der Waals surface area (Å²) in [5.74, 6) is -5.11. The molecule has 0 aromatic rings. The van der Waals surface area contributed by atoms with Gasteiger partial charge in [0.2, 0.25) is 0 Å². The fourth-order valence-corrected chi connectivity index (χ4v) is 2.16. The van der Waals surface area contributed by atoms with E-state index in [1.807, 2.05) is 27.7 Å². The molecule has 12 nitrogen and oxygen atoms in total. The standard InChI is InChI=1S/C12H20O4.2C8H12O4.C4H10.Sn/c1-3-5-7-10(9-11(13)14)12(15)16-8-6-4-2;2*1-2-3-6-12-8(11)5-4-7(9)10;1-3-4-2;/h9H,3-8H2,1-2H3,(H,13,14);2*4-5H,2-3,6H2,1H3,(H,9,10);3-4H2,1-2H3;/b10-9-;2*5-4-;;. The van der Waals surface area contributed by atoms with Crippen LogP contribution in [0.4, 0.5) is 0 Å². The van der Waals surface area contributed by atoms with Crippen LogP contribution in [0.1, 0.15) is 112 Å². The van der Waals surface area contributed by atoms with Gasteiger partial charge in [0.25, 0.3) is 0 Å². The Morgan fingerprint density at radius 2 is 0.844 bits per heavy atom. The summed E-state index contributed by atoms with van der Waals surface area (Å²) in [4.78, 5) is 63.2. The second-order valence-electron chi connectivity index (χ2n) is 8.99. The Hall–Kier alpha value is -3.16. The number of hydrogen-bond acceptors (Lipinski definition) is 9. The molecular formula is C32H54O12Sn. The van der Waals surface area contributed by atoms with Crippen LogP contribution in [0.3, 0.4) is 0 Å². The quantitative estimate of drug-likeness (QED) is 0.0467. The molecule has 0 saturated heterocycles. The predicted molar refractivity (Wildman–Crippen MR) is 173 cm³/mol. The second kappa shape index (κ2) is 40.8. The molecule has 0 heterocycles. The van der Waals surface area contributed by atoms with Crippen LogP contribution in [0.5, 0.6) is 0 Å². The van der Waals surface area contributed by atoms with Crippen LogP contribution in [0, 0.1) is 0 Å². The summed E-state index contributed by atoms with van der Waals surface area (Å²) in [5.41, 5.74) is 0.255. The van der Waals surface area contributed by atoms with Crippen molar-refractivity contribution < 1.29 is 58.3 Å². The molecule has 13 heteroatoms. The zero-order valence-electron chi connectivity index (χ0n) is 27.8. The molecule has 45 heavy (non-hydrogen) atoms. The van der Waals surface area contributed by atoms with E-state index < -0.39 is 35.8 Å². The van der Waals surface area contributed by atoms with Crippen molar-refractivity contribution in [3.05, 3.63) is 36.0 Å². The Kier molecular flexibility index (Phi) is 46.7. The molecule has 0 aliphatic carbocycles. The predicted octanol–water partition coefficient (Wildman–Crippen LogP) is 5.90. The van der Waals surface area contributed by atoms with Crippen molar-refractivity contribution >= 4 is 59.7 Å². The summed E-state index contributed by atoms with van der Waals surface area (Å²) >= 11 is 0. The number of esters is 3. The fourth-order valence-electron chi connectivity index (χ4n) is 2.16. The molecule has 0 atom stereocenters. The molecule has 0 saturated carbocycles. The number of carbonyl (C=O) groups excluding carboxylic acids is 3. The smallest absolute Gasteiger partial charge is 0.334 e. The van der Waals surface area contributed by atoms with Gasteiger partial charge in [-0.1, -0.05) is 80.1 Å². The Balaban J connectivity index is -0.000000168. The van der Waals surface area contributed by atoms with Crippen LogP contribution in [-0.2, 0) is 43.0 Å². The number of ether oxygens (including phenoxy) is 3. The van der Waals surface area contributed by atoms with Gasteiger partial charge in [0.15, 0.2) is 0 Å². The summed E-state index contributed by atoms with van der Waals surface area (Å²) in [6.45, 7) is 13.3. The first-order valence-electron chi connectivity index (χ1n) is 15.1. The molecule has 0 fully saturated rings. The Morgan fingerprint density at radius 3 is 1.13 bits per heavy atom. The summed E-state index contributed by atoms with van der Waals surface area (Å²) in [7, 11) is 0. The van der Waals surface area contributed by atoms with E-state index >= 15 is 0 Å². The van der Waals surface area contributed by atoms with Gasteiger partial charge in [0.05, 0.1) is 19.8 Å². The maximum absolute atomic E-state index is 11.5. The number of unbranched alkanes of at least 4 members (excludes halogenated alkanes) is 5. The van der Waals surface area contributed by atoms with Crippen molar-refractivity contribution in [2.75, 3.05) is 19.8 Å². The van der Waals surface area contributed by atoms with Crippen LogP contribution in [-0.4, -0.2) is 94.9 Å². The number of rotatable bonds is 19. The van der Waals surface area contributed by atoms with Crippen molar-refractivity contribution in [1.29, 1.82) is 0 Å². The minimum atomic E-state index is -1.15. The van der Waals surface area contributed by atoms with Gasteiger partial charge in [-0.2, -0.15) is 0 Å². The van der Waals surface area contributed by atoms with Crippen molar-refractivity contribution in [1.82, 2.24) is 0 Å². The molecule has 0 aromatic carbocycles. The molecule has 0 unspecified atom stereocenters. The van der Waals surface area contributed by atoms with Gasteiger partial charge in [-0.3, -0.25) is 0 Å². The van der Waals surface area contributed by atoms with E-state index in [9.17, 15) is 28.8 Å². The van der Waals surface area contributed by atoms with Gasteiger partial charge < -0.3 is 29.5 Å². The zero-order chi connectivity index (χ0) is 34.6. The van der Waals surface area contributed by atoms with Crippen LogP contribution in [0.25, 0.3) is 0 Å². The normalized spacial score (nSPS) is 10.0. The van der Waals surface area contributed by atoms with Gasteiger partial charge in [-0.05, 0) is 32.1 Å². The number of carboxylic acid groups (broad SMARTS) is 3. The van der Waals surface area contributed by atoms with E-state index in [1.165, 1.54) is 12.8 Å². The number of carboxylic acids is 3. The maximum Gasteiger partial charge on any atom is 0.334 e. The van der Waals surface area contributed by atoms with E-state index in [0.717, 1.165) is 81.7 Å². The third-order valence-electron chi connectivity index (χ3n) is 4.80. The number of carbonyl (C=O) groups is 6. The molecule has 3 N–H and O–H groups in total. The van der Waals surface area contributed by atoms with E-state index in [2.05, 4.69) is 23.3 Å². The Morgan fingerprint density at radius 1 is 0.489 bits per heavy atom. The second-order valence-corrected chi connectivity index (χ2v) is 8.99. The van der Waals surface area contributed by atoms with Crippen molar-refractivity contribution in [3.8, 4) is 0 Å². The average molecular weight is 749 g/mol. The summed E-state index contributed by atoms with van der Waals surface area (Å²) in [6.07, 6.45) is 14.3. The fraction of sp³-hybridized carbons (Fsp3) is 0.625. The first-order chi connectivity index (χ1) is 20.9. The zero-order valence-corrected chi connectivity index (χ0v) is 30.7. The van der Waals surface area contributed by atoms with Gasteiger partial charge in [0, 0.05) is 59.9 Å². The molecule has 0 aromatic heterocycles. The third-order valence-corrected chi connectivity index (χ3v) is 4.80. The van der Waals surface area contributed by atoms with Gasteiger partial charge in [-0.15, -0.1) is 0 Å². The average Bonchev–Trinajstić information content (AvgIpc) is 2.98. The third kappa shape index (κ3) is 50.8. The first-order valence-corrected chi connectivity index (χ1v) is 15.1. The van der Waals surface area contributed by atoms with E-state index in [0.29, 0.717) is 26.2 Å². The van der Waals surface area contributed by atoms with E-state index in [-0.39, 0.29) is 29.5 Å². The molecular weight excluding hydrogens is 695 g/mol. The SMILES string of the molecule is CCCC.CCCCOC(=O)/C(=C\C(=O)O)CCCC.CCCCOC(=O)/C=C\C(=O)O.CCCCOC(=O)/C=C\C(=O)O.[Sn]. The molecule has 258 valence electrons. The van der Waals surface area contributed by atoms with Gasteiger partial charge in [-0.25, -0.2) is 28.8 Å². The maximum atomic E-state index is 11.5. The summed E-state index contributed by atoms with van der Waals surface area (Å²) in [6, 6.07) is 0. The molecule has 0 aliphatic rings. The molecule has 0 bridgehead atoms. The minimum absolute atomic E-state index is 0. The van der Waals surface area contributed by atoms with Crippen LogP contribution in [0.15, 0.2) is 36.0 Å². The molecule has 4 radical (unpaired) electrons.